The second-order valence-corrected chi connectivity index (χ2v) is 4.17. The molecule has 6 N–H and O–H groups in total. The lowest BCUT2D eigenvalue weighted by atomic mass is 10.1. The van der Waals surface area contributed by atoms with Crippen LogP contribution < -0.4 is 11.1 Å². The maximum Gasteiger partial charge on any atom is 0.248 e. The molecular formula is C11H15N9. The molecule has 2 rings (SSSR count). The summed E-state index contributed by atoms with van der Waals surface area (Å²) in [5.74, 6) is 0.774. The Morgan fingerprint density at radius 2 is 2.25 bits per heavy atom. The van der Waals surface area contributed by atoms with Gasteiger partial charge in [-0.2, -0.15) is 10.5 Å². The van der Waals surface area contributed by atoms with Crippen LogP contribution in [0.5, 0.6) is 0 Å². The molecule has 0 aliphatic heterocycles. The summed E-state index contributed by atoms with van der Waals surface area (Å²) < 4.78 is 0. The molecule has 0 atom stereocenters. The van der Waals surface area contributed by atoms with Crippen LogP contribution in [-0.4, -0.2) is 33.1 Å². The third-order valence-corrected chi connectivity index (χ3v) is 2.71. The van der Waals surface area contributed by atoms with Crippen LogP contribution in [0.1, 0.15) is 11.1 Å². The quantitative estimate of drug-likeness (QED) is 0.249. The number of nitrogens with zero attached hydrogens (tertiary/aromatic N) is 4. The third kappa shape index (κ3) is 2.71. The standard InChI is InChI=1S/C11H15N9/c1-6-5-7(15-11-16-10(13)17-18-11)3-4-8(6)9(12)20(2)19-14/h3-5,12,14H,1-2H3,(H4,13,15,16,17,18). The summed E-state index contributed by atoms with van der Waals surface area (Å²) in [4.78, 5) is 3.94. The average molecular weight is 273 g/mol. The molecule has 0 saturated carbocycles. The molecule has 0 bridgehead atoms. The van der Waals surface area contributed by atoms with Gasteiger partial charge < -0.3 is 11.1 Å². The Kier molecular flexibility index (Phi) is 3.60. The highest BCUT2D eigenvalue weighted by Gasteiger charge is 2.10. The van der Waals surface area contributed by atoms with Gasteiger partial charge in [0.2, 0.25) is 11.9 Å². The first kappa shape index (κ1) is 13.5. The summed E-state index contributed by atoms with van der Waals surface area (Å²) in [6, 6.07) is 5.42. The second kappa shape index (κ2) is 5.34. The fraction of sp³-hybridized carbons (Fsp3) is 0.182. The van der Waals surface area contributed by atoms with Crippen molar-refractivity contribution in [3.05, 3.63) is 29.3 Å². The Morgan fingerprint density at radius 1 is 1.50 bits per heavy atom. The van der Waals surface area contributed by atoms with Gasteiger partial charge in [-0.1, -0.05) is 5.22 Å². The SMILES string of the molecule is Cc1cc(Nc2n[nH]c(N)n2)ccc1C(=N)N(C)N=N. The molecule has 0 aliphatic rings. The topological polar surface area (TPSA) is 143 Å². The predicted octanol–water partition coefficient (Wildman–Crippen LogP) is 1.64. The maximum absolute atomic E-state index is 7.92. The van der Waals surface area contributed by atoms with Gasteiger partial charge >= 0.3 is 0 Å². The van der Waals surface area contributed by atoms with E-state index in [2.05, 4.69) is 25.7 Å². The average Bonchev–Trinajstić information content (AvgIpc) is 2.82. The van der Waals surface area contributed by atoms with Gasteiger partial charge in [-0.25, -0.2) is 10.1 Å². The molecule has 104 valence electrons. The summed E-state index contributed by atoms with van der Waals surface area (Å²) in [5, 5.41) is 21.7. The van der Waals surface area contributed by atoms with Crippen molar-refractivity contribution in [3.63, 3.8) is 0 Å². The lowest BCUT2D eigenvalue weighted by Gasteiger charge is -2.14. The highest BCUT2D eigenvalue weighted by atomic mass is 15.5. The van der Waals surface area contributed by atoms with Gasteiger partial charge in [-0.05, 0) is 30.7 Å². The highest BCUT2D eigenvalue weighted by molar-refractivity contribution is 5.97. The van der Waals surface area contributed by atoms with Crippen LogP contribution in [0.25, 0.3) is 0 Å². The number of aromatic nitrogens is 3. The van der Waals surface area contributed by atoms with Gasteiger partial charge in [-0.3, -0.25) is 5.41 Å². The van der Waals surface area contributed by atoms with Crippen LogP contribution >= 0.6 is 0 Å². The minimum Gasteiger partial charge on any atom is -0.368 e. The number of nitrogens with two attached hydrogens (primary N) is 1. The predicted molar refractivity (Wildman–Crippen MR) is 75.0 cm³/mol. The van der Waals surface area contributed by atoms with Crippen molar-refractivity contribution in [1.82, 2.24) is 20.2 Å². The van der Waals surface area contributed by atoms with E-state index in [9.17, 15) is 0 Å². The van der Waals surface area contributed by atoms with Crippen molar-refractivity contribution in [2.45, 2.75) is 6.92 Å². The summed E-state index contributed by atoms with van der Waals surface area (Å²) in [6.45, 7) is 1.87. The van der Waals surface area contributed by atoms with Crippen LogP contribution in [0, 0.1) is 17.9 Å². The zero-order valence-corrected chi connectivity index (χ0v) is 11.1. The Morgan fingerprint density at radius 3 is 2.80 bits per heavy atom. The molecule has 9 nitrogen and oxygen atoms in total. The van der Waals surface area contributed by atoms with E-state index in [1.807, 2.05) is 13.0 Å². The first-order valence-electron chi connectivity index (χ1n) is 5.77. The third-order valence-electron chi connectivity index (χ3n) is 2.71. The molecule has 0 aliphatic carbocycles. The fourth-order valence-corrected chi connectivity index (χ4v) is 1.69. The molecule has 1 aromatic carbocycles. The van der Waals surface area contributed by atoms with E-state index in [1.165, 1.54) is 5.01 Å². The van der Waals surface area contributed by atoms with Crippen molar-refractivity contribution in [2.24, 2.45) is 5.22 Å². The van der Waals surface area contributed by atoms with Crippen molar-refractivity contribution in [1.29, 1.82) is 10.9 Å². The Labute approximate surface area is 115 Å². The van der Waals surface area contributed by atoms with E-state index < -0.39 is 0 Å². The Hall–Kier alpha value is -2.97. The molecule has 1 aromatic heterocycles. The minimum absolute atomic E-state index is 0.159. The molecule has 1 heterocycles. The monoisotopic (exact) mass is 273 g/mol. The van der Waals surface area contributed by atoms with Crippen LogP contribution in [0.3, 0.4) is 0 Å². The number of hydrogen-bond acceptors (Lipinski definition) is 7. The molecule has 0 radical (unpaired) electrons. The van der Waals surface area contributed by atoms with E-state index in [4.69, 9.17) is 16.7 Å². The molecule has 0 fully saturated rings. The first-order chi connectivity index (χ1) is 9.51. The van der Waals surface area contributed by atoms with Gasteiger partial charge in [0.1, 0.15) is 5.84 Å². The van der Waals surface area contributed by atoms with E-state index in [0.717, 1.165) is 11.3 Å². The van der Waals surface area contributed by atoms with Crippen molar-refractivity contribution in [2.75, 3.05) is 18.1 Å². The largest absolute Gasteiger partial charge is 0.368 e. The van der Waals surface area contributed by atoms with Crippen LogP contribution in [-0.2, 0) is 0 Å². The van der Waals surface area contributed by atoms with Crippen LogP contribution in [0.2, 0.25) is 0 Å². The van der Waals surface area contributed by atoms with Gasteiger partial charge in [0.15, 0.2) is 0 Å². The highest BCUT2D eigenvalue weighted by Crippen LogP contribution is 2.19. The number of aromatic amines is 1. The zero-order valence-electron chi connectivity index (χ0n) is 11.1. The summed E-state index contributed by atoms with van der Waals surface area (Å²) in [5.41, 5.74) is 14.7. The van der Waals surface area contributed by atoms with Gasteiger partial charge in [0.05, 0.1) is 0 Å². The number of anilines is 3. The molecule has 0 spiro atoms. The normalized spacial score (nSPS) is 10.1. The number of aryl methyl sites for hydroxylation is 1. The Bertz CT molecular complexity index is 645. The molecule has 0 amide bonds. The fourth-order valence-electron chi connectivity index (χ4n) is 1.69. The summed E-state index contributed by atoms with van der Waals surface area (Å²) in [7, 11) is 1.55. The molecule has 20 heavy (non-hydrogen) atoms. The Balaban J connectivity index is 2.21. The van der Waals surface area contributed by atoms with Gasteiger partial charge in [0, 0.05) is 18.3 Å². The van der Waals surface area contributed by atoms with Crippen LogP contribution in [0.4, 0.5) is 17.6 Å². The first-order valence-corrected chi connectivity index (χ1v) is 5.77. The number of benzene rings is 1. The van der Waals surface area contributed by atoms with Crippen molar-refractivity contribution < 1.29 is 0 Å². The molecule has 0 unspecified atom stereocenters. The van der Waals surface area contributed by atoms with Crippen LogP contribution in [0.15, 0.2) is 23.4 Å². The summed E-state index contributed by atoms with van der Waals surface area (Å²) in [6.07, 6.45) is 0. The van der Waals surface area contributed by atoms with E-state index in [1.54, 1.807) is 19.2 Å². The number of rotatable bonds is 4. The molecule has 0 saturated heterocycles. The molecule has 2 aromatic rings. The van der Waals surface area contributed by atoms with E-state index in [-0.39, 0.29) is 11.8 Å². The van der Waals surface area contributed by atoms with Gasteiger partial charge in [-0.15, -0.1) is 5.10 Å². The summed E-state index contributed by atoms with van der Waals surface area (Å²) >= 11 is 0. The maximum atomic E-state index is 7.92. The molecular weight excluding hydrogens is 258 g/mol. The lowest BCUT2D eigenvalue weighted by Crippen LogP contribution is -2.21. The number of nitrogens with one attached hydrogen (secondary N) is 4. The smallest absolute Gasteiger partial charge is 0.248 e. The number of nitrogen functional groups attached to an aromatic ring is 1. The number of amidine groups is 1. The second-order valence-electron chi connectivity index (χ2n) is 4.17. The van der Waals surface area contributed by atoms with Gasteiger partial charge in [0.25, 0.3) is 0 Å². The number of H-pyrrole nitrogens is 1. The van der Waals surface area contributed by atoms with E-state index >= 15 is 0 Å². The van der Waals surface area contributed by atoms with Crippen molar-refractivity contribution >= 4 is 23.4 Å². The van der Waals surface area contributed by atoms with E-state index in [0.29, 0.717) is 11.5 Å². The number of hydrogen-bond donors (Lipinski definition) is 5. The lowest BCUT2D eigenvalue weighted by molar-refractivity contribution is 0.485. The minimum atomic E-state index is 0.159. The molecule has 9 heteroatoms. The van der Waals surface area contributed by atoms with Crippen molar-refractivity contribution in [3.8, 4) is 0 Å². The zero-order chi connectivity index (χ0) is 14.7.